The molecule has 4 heteroatoms. The first-order valence-electron chi connectivity index (χ1n) is 8.50. The third kappa shape index (κ3) is 4.36. The third-order valence-corrected chi connectivity index (χ3v) is 4.37. The molecule has 0 aromatic heterocycles. The third-order valence-electron chi connectivity index (χ3n) is 4.37. The van der Waals surface area contributed by atoms with Crippen LogP contribution in [0.1, 0.15) is 24.8 Å². The van der Waals surface area contributed by atoms with Gasteiger partial charge in [0.1, 0.15) is 0 Å². The van der Waals surface area contributed by atoms with Gasteiger partial charge in [-0.05, 0) is 29.7 Å². The molecule has 1 amide bonds. The number of amides is 1. The van der Waals surface area contributed by atoms with Crippen molar-refractivity contribution in [2.75, 3.05) is 36.5 Å². The number of rotatable bonds is 5. The number of hydrogen-bond donors (Lipinski definition) is 1. The van der Waals surface area contributed by atoms with Crippen molar-refractivity contribution in [3.63, 3.8) is 0 Å². The Bertz CT molecular complexity index is 666. The maximum Gasteiger partial charge on any atom is 0.224 e. The molecule has 1 unspecified atom stereocenters. The molecule has 2 aromatic rings. The molecule has 0 spiro atoms. The number of morpholine rings is 1. The van der Waals surface area contributed by atoms with Gasteiger partial charge in [0.25, 0.3) is 0 Å². The predicted molar refractivity (Wildman–Crippen MR) is 97.6 cm³/mol. The second-order valence-corrected chi connectivity index (χ2v) is 6.21. The highest BCUT2D eigenvalue weighted by atomic mass is 16.5. The normalized spacial score (nSPS) is 15.8. The molecule has 2 aromatic carbocycles. The quantitative estimate of drug-likeness (QED) is 0.912. The van der Waals surface area contributed by atoms with Crippen LogP contribution in [0.4, 0.5) is 11.4 Å². The average Bonchev–Trinajstić information content (AvgIpc) is 2.63. The maximum absolute atomic E-state index is 12.3. The van der Waals surface area contributed by atoms with E-state index in [-0.39, 0.29) is 11.8 Å². The molecule has 3 rings (SSSR count). The van der Waals surface area contributed by atoms with E-state index in [1.807, 2.05) is 36.4 Å². The van der Waals surface area contributed by atoms with Crippen LogP contribution >= 0.6 is 0 Å². The van der Waals surface area contributed by atoms with Crippen LogP contribution in [-0.2, 0) is 9.53 Å². The molecule has 126 valence electrons. The number of benzene rings is 2. The van der Waals surface area contributed by atoms with Crippen molar-refractivity contribution < 1.29 is 9.53 Å². The summed E-state index contributed by atoms with van der Waals surface area (Å²) in [5.74, 6) is 0.249. The van der Waals surface area contributed by atoms with Gasteiger partial charge in [0, 0.05) is 30.9 Å². The van der Waals surface area contributed by atoms with Crippen molar-refractivity contribution >= 4 is 17.3 Å². The van der Waals surface area contributed by atoms with E-state index >= 15 is 0 Å². The maximum atomic E-state index is 12.3. The number of hydrogen-bond acceptors (Lipinski definition) is 3. The second kappa shape index (κ2) is 7.97. The van der Waals surface area contributed by atoms with Crippen LogP contribution in [0, 0.1) is 0 Å². The predicted octanol–water partition coefficient (Wildman–Crippen LogP) is 3.66. The van der Waals surface area contributed by atoms with Gasteiger partial charge in [0.15, 0.2) is 0 Å². The minimum atomic E-state index is 0.0467. The Labute approximate surface area is 143 Å². The molecule has 0 aliphatic carbocycles. The SMILES string of the molecule is CC(CC(=O)Nc1cccc(N2CCOCC2)c1)c1ccccc1. The molecule has 24 heavy (non-hydrogen) atoms. The molecule has 0 saturated carbocycles. The van der Waals surface area contributed by atoms with Crippen LogP contribution in [0.5, 0.6) is 0 Å². The summed E-state index contributed by atoms with van der Waals surface area (Å²) < 4.78 is 5.39. The highest BCUT2D eigenvalue weighted by Crippen LogP contribution is 2.22. The zero-order valence-electron chi connectivity index (χ0n) is 14.1. The van der Waals surface area contributed by atoms with Gasteiger partial charge >= 0.3 is 0 Å². The fourth-order valence-corrected chi connectivity index (χ4v) is 2.99. The molecule has 1 aliphatic rings. The van der Waals surface area contributed by atoms with Gasteiger partial charge in [-0.1, -0.05) is 43.3 Å². The van der Waals surface area contributed by atoms with Gasteiger partial charge in [-0.2, -0.15) is 0 Å². The lowest BCUT2D eigenvalue weighted by atomic mass is 9.97. The van der Waals surface area contributed by atoms with E-state index in [9.17, 15) is 4.79 Å². The van der Waals surface area contributed by atoms with Crippen LogP contribution in [0.2, 0.25) is 0 Å². The minimum Gasteiger partial charge on any atom is -0.378 e. The molecule has 1 N–H and O–H groups in total. The first-order chi connectivity index (χ1) is 11.7. The van der Waals surface area contributed by atoms with E-state index in [0.717, 1.165) is 37.7 Å². The Morgan fingerprint density at radius 2 is 1.88 bits per heavy atom. The number of ether oxygens (including phenoxy) is 1. The van der Waals surface area contributed by atoms with Crippen molar-refractivity contribution in [3.05, 3.63) is 60.2 Å². The standard InChI is InChI=1S/C20H24N2O2/c1-16(17-6-3-2-4-7-17)14-20(23)21-18-8-5-9-19(15-18)22-10-12-24-13-11-22/h2-9,15-16H,10-14H2,1H3,(H,21,23). The number of carbonyl (C=O) groups is 1. The van der Waals surface area contributed by atoms with Gasteiger partial charge in [-0.15, -0.1) is 0 Å². The van der Waals surface area contributed by atoms with E-state index in [0.29, 0.717) is 6.42 Å². The van der Waals surface area contributed by atoms with E-state index in [1.54, 1.807) is 0 Å². The summed E-state index contributed by atoms with van der Waals surface area (Å²) in [6.07, 6.45) is 0.478. The molecule has 1 aliphatic heterocycles. The molecule has 0 bridgehead atoms. The second-order valence-electron chi connectivity index (χ2n) is 6.21. The van der Waals surface area contributed by atoms with Gasteiger partial charge in [0.05, 0.1) is 13.2 Å². The average molecular weight is 324 g/mol. The van der Waals surface area contributed by atoms with Gasteiger partial charge < -0.3 is 15.0 Å². The Balaban J connectivity index is 1.60. The van der Waals surface area contributed by atoms with Crippen LogP contribution in [0.25, 0.3) is 0 Å². The van der Waals surface area contributed by atoms with Crippen LogP contribution < -0.4 is 10.2 Å². The van der Waals surface area contributed by atoms with Crippen LogP contribution in [-0.4, -0.2) is 32.2 Å². The summed E-state index contributed by atoms with van der Waals surface area (Å²) in [5, 5.41) is 3.03. The molecule has 1 heterocycles. The monoisotopic (exact) mass is 324 g/mol. The number of nitrogens with one attached hydrogen (secondary N) is 1. The van der Waals surface area contributed by atoms with Crippen molar-refractivity contribution in [1.82, 2.24) is 0 Å². The zero-order valence-corrected chi connectivity index (χ0v) is 14.1. The fraction of sp³-hybridized carbons (Fsp3) is 0.350. The van der Waals surface area contributed by atoms with Crippen LogP contribution in [0.3, 0.4) is 0 Å². The Hall–Kier alpha value is -2.33. The Morgan fingerprint density at radius 3 is 2.62 bits per heavy atom. The number of carbonyl (C=O) groups excluding carboxylic acids is 1. The number of anilines is 2. The molecule has 4 nitrogen and oxygen atoms in total. The van der Waals surface area contributed by atoms with Gasteiger partial charge in [0.2, 0.25) is 5.91 Å². The molecule has 0 radical (unpaired) electrons. The topological polar surface area (TPSA) is 41.6 Å². The van der Waals surface area contributed by atoms with E-state index in [4.69, 9.17) is 4.74 Å². The summed E-state index contributed by atoms with van der Waals surface area (Å²) in [6, 6.07) is 18.2. The van der Waals surface area contributed by atoms with Crippen molar-refractivity contribution in [1.29, 1.82) is 0 Å². The van der Waals surface area contributed by atoms with Crippen molar-refractivity contribution in [2.45, 2.75) is 19.3 Å². The fourth-order valence-electron chi connectivity index (χ4n) is 2.99. The lowest BCUT2D eigenvalue weighted by Gasteiger charge is -2.29. The first-order valence-corrected chi connectivity index (χ1v) is 8.50. The molecule has 1 saturated heterocycles. The minimum absolute atomic E-state index is 0.0467. The lowest BCUT2D eigenvalue weighted by molar-refractivity contribution is -0.116. The summed E-state index contributed by atoms with van der Waals surface area (Å²) in [6.45, 7) is 5.38. The Morgan fingerprint density at radius 1 is 1.12 bits per heavy atom. The van der Waals surface area contributed by atoms with E-state index in [1.165, 1.54) is 5.56 Å². The summed E-state index contributed by atoms with van der Waals surface area (Å²) in [5.41, 5.74) is 3.17. The van der Waals surface area contributed by atoms with Gasteiger partial charge in [-0.25, -0.2) is 0 Å². The summed E-state index contributed by atoms with van der Waals surface area (Å²) >= 11 is 0. The highest BCUT2D eigenvalue weighted by molar-refractivity contribution is 5.91. The molecular weight excluding hydrogens is 300 g/mol. The molecule has 1 atom stereocenters. The van der Waals surface area contributed by atoms with Crippen molar-refractivity contribution in [2.24, 2.45) is 0 Å². The van der Waals surface area contributed by atoms with E-state index in [2.05, 4.69) is 35.3 Å². The zero-order chi connectivity index (χ0) is 16.8. The smallest absolute Gasteiger partial charge is 0.224 e. The summed E-state index contributed by atoms with van der Waals surface area (Å²) in [4.78, 5) is 14.6. The van der Waals surface area contributed by atoms with Crippen LogP contribution in [0.15, 0.2) is 54.6 Å². The first kappa shape index (κ1) is 16.5. The number of nitrogens with zero attached hydrogens (tertiary/aromatic N) is 1. The lowest BCUT2D eigenvalue weighted by Crippen LogP contribution is -2.36. The Kier molecular flexibility index (Phi) is 5.49. The largest absolute Gasteiger partial charge is 0.378 e. The van der Waals surface area contributed by atoms with Gasteiger partial charge in [-0.3, -0.25) is 4.79 Å². The molecular formula is C20H24N2O2. The van der Waals surface area contributed by atoms with E-state index < -0.39 is 0 Å². The summed E-state index contributed by atoms with van der Waals surface area (Å²) in [7, 11) is 0. The highest BCUT2D eigenvalue weighted by Gasteiger charge is 2.13. The molecule has 1 fully saturated rings. The van der Waals surface area contributed by atoms with Crippen molar-refractivity contribution in [3.8, 4) is 0 Å².